The number of nitrogens with two attached hydrogens (primary N) is 1. The number of carbonyl (C=O) groups is 1. The summed E-state index contributed by atoms with van der Waals surface area (Å²) in [5, 5.41) is 10.5. The van der Waals surface area contributed by atoms with E-state index in [-0.39, 0.29) is 18.9 Å². The third kappa shape index (κ3) is 6.28. The molecule has 0 saturated heterocycles. The summed E-state index contributed by atoms with van der Waals surface area (Å²) in [7, 11) is -2.23. The van der Waals surface area contributed by atoms with Crippen molar-refractivity contribution < 1.29 is 17.9 Å². The molecular formula is C19H20N4O4S2. The summed E-state index contributed by atoms with van der Waals surface area (Å²) >= 11 is 1.47. The number of rotatable bonds is 8. The van der Waals surface area contributed by atoms with Gasteiger partial charge in [-0.15, -0.1) is 11.3 Å². The Labute approximate surface area is 172 Å². The van der Waals surface area contributed by atoms with Crippen LogP contribution in [0.25, 0.3) is 10.6 Å². The van der Waals surface area contributed by atoms with Crippen molar-refractivity contribution in [2.24, 2.45) is 5.14 Å². The average molecular weight is 433 g/mol. The monoisotopic (exact) mass is 432 g/mol. The maximum Gasteiger partial charge on any atom is 0.296 e. The fraction of sp³-hybridized carbons (Fsp3) is 0.158. The van der Waals surface area contributed by atoms with Crippen LogP contribution in [0.5, 0.6) is 5.75 Å². The summed E-state index contributed by atoms with van der Waals surface area (Å²) in [5.74, 6) is 0.592. The number of carbonyl (C=O) groups excluding carboxylic acids is 1. The molecule has 0 saturated carbocycles. The van der Waals surface area contributed by atoms with Crippen molar-refractivity contribution in [1.82, 2.24) is 10.3 Å². The number of nitrogens with one attached hydrogen (secondary N) is 2. The number of benzene rings is 2. The van der Waals surface area contributed by atoms with Gasteiger partial charge >= 0.3 is 0 Å². The Balaban J connectivity index is 1.56. The molecular weight excluding hydrogens is 412 g/mol. The zero-order chi connectivity index (χ0) is 20.9. The Kier molecular flexibility index (Phi) is 6.47. The molecule has 0 aliphatic rings. The molecule has 0 radical (unpaired) electrons. The highest BCUT2D eigenvalue weighted by Crippen LogP contribution is 2.25. The van der Waals surface area contributed by atoms with E-state index in [9.17, 15) is 13.2 Å². The smallest absolute Gasteiger partial charge is 0.296 e. The van der Waals surface area contributed by atoms with Gasteiger partial charge in [0.2, 0.25) is 5.91 Å². The van der Waals surface area contributed by atoms with Crippen molar-refractivity contribution >= 4 is 33.1 Å². The van der Waals surface area contributed by atoms with Crippen molar-refractivity contribution in [3.05, 3.63) is 65.2 Å². The zero-order valence-electron chi connectivity index (χ0n) is 15.6. The van der Waals surface area contributed by atoms with E-state index >= 15 is 0 Å². The van der Waals surface area contributed by atoms with Crippen molar-refractivity contribution in [1.29, 1.82) is 0 Å². The van der Waals surface area contributed by atoms with Gasteiger partial charge in [-0.1, -0.05) is 12.1 Å². The van der Waals surface area contributed by atoms with Crippen LogP contribution in [0.3, 0.4) is 0 Å². The van der Waals surface area contributed by atoms with Crippen LogP contribution in [0.4, 0.5) is 5.69 Å². The van der Waals surface area contributed by atoms with E-state index in [0.29, 0.717) is 11.4 Å². The average Bonchev–Trinajstić information content (AvgIpc) is 3.14. The SMILES string of the molecule is COc1ccc(-c2nc(CC(=O)NCc3cccc(NS(N)(=O)=O)c3)cs2)cc1. The number of anilines is 1. The number of amides is 1. The highest BCUT2D eigenvalue weighted by molar-refractivity contribution is 7.90. The van der Waals surface area contributed by atoms with E-state index in [1.807, 2.05) is 29.6 Å². The molecule has 0 unspecified atom stereocenters. The fourth-order valence-electron chi connectivity index (χ4n) is 2.59. The maximum absolute atomic E-state index is 12.2. The molecule has 1 heterocycles. The number of aromatic nitrogens is 1. The Morgan fingerprint density at radius 2 is 1.97 bits per heavy atom. The molecule has 0 spiro atoms. The van der Waals surface area contributed by atoms with Gasteiger partial charge in [0, 0.05) is 17.5 Å². The normalized spacial score (nSPS) is 11.1. The standard InChI is InChI=1S/C19H20N4O4S2/c1-27-17-7-5-14(6-8-17)19-22-16(12-28-19)10-18(24)21-11-13-3-2-4-15(9-13)23-29(20,25)26/h2-9,12,23H,10-11H2,1H3,(H,21,24)(H2,20,25,26). The highest BCUT2D eigenvalue weighted by Gasteiger charge is 2.10. The predicted molar refractivity (Wildman–Crippen MR) is 113 cm³/mol. The van der Waals surface area contributed by atoms with E-state index in [1.54, 1.807) is 31.4 Å². The Morgan fingerprint density at radius 1 is 1.21 bits per heavy atom. The van der Waals surface area contributed by atoms with Gasteiger partial charge in [-0.2, -0.15) is 8.42 Å². The molecule has 0 bridgehead atoms. The molecule has 29 heavy (non-hydrogen) atoms. The lowest BCUT2D eigenvalue weighted by Crippen LogP contribution is -2.25. The predicted octanol–water partition coefficient (Wildman–Crippen LogP) is 2.29. The van der Waals surface area contributed by atoms with Crippen LogP contribution in [-0.4, -0.2) is 26.4 Å². The number of methoxy groups -OCH3 is 1. The summed E-state index contributed by atoms with van der Waals surface area (Å²) in [4.78, 5) is 16.7. The second-order valence-corrected chi connectivity index (χ2v) is 8.33. The van der Waals surface area contributed by atoms with Crippen molar-refractivity contribution in [3.63, 3.8) is 0 Å². The second-order valence-electron chi connectivity index (χ2n) is 6.17. The van der Waals surface area contributed by atoms with Gasteiger partial charge in [-0.05, 0) is 42.0 Å². The van der Waals surface area contributed by atoms with E-state index in [0.717, 1.165) is 21.9 Å². The number of ether oxygens (including phenoxy) is 1. The minimum absolute atomic E-state index is 0.155. The Morgan fingerprint density at radius 3 is 2.66 bits per heavy atom. The molecule has 2 aromatic carbocycles. The summed E-state index contributed by atoms with van der Waals surface area (Å²) in [5.41, 5.74) is 2.72. The molecule has 1 amide bonds. The fourth-order valence-corrected chi connectivity index (χ4v) is 3.87. The van der Waals surface area contributed by atoms with Crippen molar-refractivity contribution in [2.75, 3.05) is 11.8 Å². The van der Waals surface area contributed by atoms with E-state index in [2.05, 4.69) is 15.0 Å². The maximum atomic E-state index is 12.2. The summed E-state index contributed by atoms with van der Waals surface area (Å²) in [6, 6.07) is 14.2. The van der Waals surface area contributed by atoms with Crippen molar-refractivity contribution in [2.45, 2.75) is 13.0 Å². The molecule has 4 N–H and O–H groups in total. The minimum Gasteiger partial charge on any atom is -0.497 e. The van der Waals surface area contributed by atoms with Gasteiger partial charge in [0.05, 0.1) is 24.9 Å². The zero-order valence-corrected chi connectivity index (χ0v) is 17.2. The first-order valence-electron chi connectivity index (χ1n) is 8.57. The largest absolute Gasteiger partial charge is 0.497 e. The number of thiazole rings is 1. The third-order valence-corrected chi connectivity index (χ3v) is 5.37. The Bertz CT molecular complexity index is 1100. The van der Waals surface area contributed by atoms with Crippen LogP contribution in [0, 0.1) is 0 Å². The first kappa shape index (κ1) is 20.8. The molecule has 0 fully saturated rings. The summed E-state index contributed by atoms with van der Waals surface area (Å²) in [6.45, 7) is 0.258. The lowest BCUT2D eigenvalue weighted by atomic mass is 10.2. The van der Waals surface area contributed by atoms with Crippen LogP contribution < -0.4 is 19.9 Å². The minimum atomic E-state index is -3.84. The molecule has 1 aromatic heterocycles. The van der Waals surface area contributed by atoms with Crippen LogP contribution in [0.2, 0.25) is 0 Å². The summed E-state index contributed by atoms with van der Waals surface area (Å²) < 4.78 is 29.5. The molecule has 3 rings (SSSR count). The molecule has 8 nitrogen and oxygen atoms in total. The first-order valence-corrected chi connectivity index (χ1v) is 11.0. The highest BCUT2D eigenvalue weighted by atomic mass is 32.2. The molecule has 0 aliphatic carbocycles. The van der Waals surface area contributed by atoms with E-state index in [4.69, 9.17) is 9.88 Å². The molecule has 3 aromatic rings. The van der Waals surface area contributed by atoms with Crippen molar-refractivity contribution in [3.8, 4) is 16.3 Å². The third-order valence-electron chi connectivity index (χ3n) is 3.91. The topological polar surface area (TPSA) is 123 Å². The van der Waals surface area contributed by atoms with Gasteiger partial charge in [0.25, 0.3) is 10.2 Å². The van der Waals surface area contributed by atoms with Crippen LogP contribution in [0.15, 0.2) is 53.9 Å². The number of hydrogen-bond donors (Lipinski definition) is 3. The molecule has 0 aliphatic heterocycles. The van der Waals surface area contributed by atoms with E-state index < -0.39 is 10.2 Å². The van der Waals surface area contributed by atoms with Crippen LogP contribution >= 0.6 is 11.3 Å². The van der Waals surface area contributed by atoms with Crippen LogP contribution in [-0.2, 0) is 28.0 Å². The van der Waals surface area contributed by atoms with Gasteiger partial charge in [0.15, 0.2) is 0 Å². The van der Waals surface area contributed by atoms with Gasteiger partial charge in [0.1, 0.15) is 10.8 Å². The Hall–Kier alpha value is -2.95. The molecule has 10 heteroatoms. The number of hydrogen-bond acceptors (Lipinski definition) is 6. The van der Waals surface area contributed by atoms with Gasteiger partial charge in [-0.3, -0.25) is 9.52 Å². The second kappa shape index (κ2) is 9.03. The van der Waals surface area contributed by atoms with Crippen LogP contribution in [0.1, 0.15) is 11.3 Å². The molecule has 152 valence electrons. The lowest BCUT2D eigenvalue weighted by Gasteiger charge is -2.07. The van der Waals surface area contributed by atoms with E-state index in [1.165, 1.54) is 11.3 Å². The lowest BCUT2D eigenvalue weighted by molar-refractivity contribution is -0.120. The van der Waals surface area contributed by atoms with Gasteiger partial charge in [-0.25, -0.2) is 10.1 Å². The first-order chi connectivity index (χ1) is 13.8. The number of nitrogens with zero attached hydrogens (tertiary/aromatic N) is 1. The molecule has 0 atom stereocenters. The quantitative estimate of drug-likeness (QED) is 0.504. The summed E-state index contributed by atoms with van der Waals surface area (Å²) in [6.07, 6.45) is 0.155. The van der Waals surface area contributed by atoms with Gasteiger partial charge < -0.3 is 10.1 Å².